The maximum atomic E-state index is 12.5. The van der Waals surface area contributed by atoms with Gasteiger partial charge in [0, 0.05) is 37.9 Å². The molecule has 0 saturated carbocycles. The van der Waals surface area contributed by atoms with Gasteiger partial charge in [0.05, 0.1) is 11.4 Å². The highest BCUT2D eigenvalue weighted by molar-refractivity contribution is 5.77. The third-order valence-corrected chi connectivity index (χ3v) is 7.18. The molecular formula is C28H39N3O2. The molecule has 0 atom stereocenters. The predicted molar refractivity (Wildman–Crippen MR) is 135 cm³/mol. The summed E-state index contributed by atoms with van der Waals surface area (Å²) in [4.78, 5) is 21.4. The third kappa shape index (κ3) is 4.87. The number of aromatic nitrogens is 1. The molecule has 0 bridgehead atoms. The van der Waals surface area contributed by atoms with Crippen LogP contribution in [-0.2, 0) is 15.6 Å². The molecule has 5 heteroatoms. The number of benzene rings is 1. The van der Waals surface area contributed by atoms with Crippen molar-refractivity contribution in [3.05, 3.63) is 47.7 Å². The van der Waals surface area contributed by atoms with Gasteiger partial charge in [-0.3, -0.25) is 4.98 Å². The first-order valence-electron chi connectivity index (χ1n) is 12.2. The Labute approximate surface area is 199 Å². The first kappa shape index (κ1) is 23.6. The summed E-state index contributed by atoms with van der Waals surface area (Å²) in [6, 6.07) is 11.1. The van der Waals surface area contributed by atoms with Gasteiger partial charge in [-0.2, -0.15) is 0 Å². The van der Waals surface area contributed by atoms with Gasteiger partial charge < -0.3 is 14.5 Å². The summed E-state index contributed by atoms with van der Waals surface area (Å²) in [5.41, 5.74) is 6.13. The second-order valence-corrected chi connectivity index (χ2v) is 11.9. The summed E-state index contributed by atoms with van der Waals surface area (Å²) in [5.74, 6) is 0. The minimum atomic E-state index is -0.473. The van der Waals surface area contributed by atoms with Crippen LogP contribution in [0.5, 0.6) is 0 Å². The standard InChI is InChI=1S/C28H39N3O2/c1-26(2,3)33-25(32)31-17-15-30(16-18-31)23-9-8-14-29-24(23)20-10-11-21-22(19-20)28(6,7)13-12-27(21,4)5/h8-11,14,19H,12-13,15-18H2,1-7H3. The van der Waals surface area contributed by atoms with E-state index in [0.29, 0.717) is 13.1 Å². The highest BCUT2D eigenvalue weighted by Crippen LogP contribution is 2.47. The molecule has 0 spiro atoms. The number of fused-ring (bicyclic) bond motifs is 1. The largest absolute Gasteiger partial charge is 0.444 e. The van der Waals surface area contributed by atoms with Crippen LogP contribution in [-0.4, -0.2) is 47.8 Å². The number of hydrogen-bond acceptors (Lipinski definition) is 4. The number of carbonyl (C=O) groups is 1. The summed E-state index contributed by atoms with van der Waals surface area (Å²) in [6.45, 7) is 18.0. The van der Waals surface area contributed by atoms with E-state index in [1.807, 2.05) is 33.0 Å². The Morgan fingerprint density at radius 3 is 2.21 bits per heavy atom. The van der Waals surface area contributed by atoms with E-state index < -0.39 is 5.60 Å². The molecule has 4 rings (SSSR count). The number of anilines is 1. The van der Waals surface area contributed by atoms with Crippen molar-refractivity contribution in [2.24, 2.45) is 0 Å². The van der Waals surface area contributed by atoms with Crippen molar-refractivity contribution < 1.29 is 9.53 Å². The smallest absolute Gasteiger partial charge is 0.410 e. The number of carbonyl (C=O) groups excluding carboxylic acids is 1. The molecule has 0 unspecified atom stereocenters. The van der Waals surface area contributed by atoms with Crippen molar-refractivity contribution in [3.63, 3.8) is 0 Å². The number of hydrogen-bond donors (Lipinski definition) is 0. The lowest BCUT2D eigenvalue weighted by Crippen LogP contribution is -2.50. The van der Waals surface area contributed by atoms with Crippen molar-refractivity contribution >= 4 is 11.8 Å². The Kier molecular flexibility index (Phi) is 5.96. The first-order chi connectivity index (χ1) is 15.4. The minimum Gasteiger partial charge on any atom is -0.444 e. The van der Waals surface area contributed by atoms with E-state index in [-0.39, 0.29) is 16.9 Å². The Morgan fingerprint density at radius 2 is 1.58 bits per heavy atom. The Hall–Kier alpha value is -2.56. The number of amides is 1. The van der Waals surface area contributed by atoms with Gasteiger partial charge in [0.2, 0.25) is 0 Å². The van der Waals surface area contributed by atoms with E-state index in [4.69, 9.17) is 9.72 Å². The SMILES string of the molecule is CC(C)(C)OC(=O)N1CCN(c2cccnc2-c2ccc3c(c2)C(C)(C)CCC3(C)C)CC1. The number of piperazine rings is 1. The van der Waals surface area contributed by atoms with Crippen LogP contribution in [0.3, 0.4) is 0 Å². The normalized spacial score (nSPS) is 19.7. The van der Waals surface area contributed by atoms with Gasteiger partial charge in [-0.25, -0.2) is 4.79 Å². The molecule has 1 aliphatic heterocycles. The van der Waals surface area contributed by atoms with Crippen LogP contribution in [0.25, 0.3) is 11.3 Å². The van der Waals surface area contributed by atoms with Gasteiger partial charge >= 0.3 is 6.09 Å². The molecular weight excluding hydrogens is 410 g/mol. The molecule has 1 fully saturated rings. The van der Waals surface area contributed by atoms with Gasteiger partial charge in [-0.05, 0) is 73.8 Å². The topological polar surface area (TPSA) is 45.7 Å². The molecule has 2 aromatic rings. The summed E-state index contributed by atoms with van der Waals surface area (Å²) in [7, 11) is 0. The Bertz CT molecular complexity index is 1030. The van der Waals surface area contributed by atoms with Crippen molar-refractivity contribution in [1.29, 1.82) is 0 Å². The molecule has 2 heterocycles. The molecule has 33 heavy (non-hydrogen) atoms. The zero-order valence-electron chi connectivity index (χ0n) is 21.4. The first-order valence-corrected chi connectivity index (χ1v) is 12.2. The van der Waals surface area contributed by atoms with Crippen LogP contribution in [0, 0.1) is 0 Å². The second-order valence-electron chi connectivity index (χ2n) is 11.9. The highest BCUT2D eigenvalue weighted by atomic mass is 16.6. The van der Waals surface area contributed by atoms with E-state index in [0.717, 1.165) is 24.5 Å². The number of rotatable bonds is 2. The third-order valence-electron chi connectivity index (χ3n) is 7.18. The monoisotopic (exact) mass is 449 g/mol. The lowest BCUT2D eigenvalue weighted by atomic mass is 9.63. The van der Waals surface area contributed by atoms with Crippen LogP contribution in [0.1, 0.15) is 72.4 Å². The van der Waals surface area contributed by atoms with Gasteiger partial charge in [0.25, 0.3) is 0 Å². The number of pyridine rings is 1. The minimum absolute atomic E-state index is 0.162. The van der Waals surface area contributed by atoms with Crippen molar-refractivity contribution in [2.45, 2.75) is 77.7 Å². The van der Waals surface area contributed by atoms with Crippen LogP contribution in [0.4, 0.5) is 10.5 Å². The lowest BCUT2D eigenvalue weighted by Gasteiger charge is -2.42. The lowest BCUT2D eigenvalue weighted by molar-refractivity contribution is 0.0240. The average molecular weight is 450 g/mol. The number of nitrogens with zero attached hydrogens (tertiary/aromatic N) is 3. The average Bonchev–Trinajstić information content (AvgIpc) is 2.76. The van der Waals surface area contributed by atoms with Gasteiger partial charge in [-0.1, -0.05) is 39.8 Å². The fourth-order valence-corrected chi connectivity index (χ4v) is 5.07. The molecule has 178 valence electrons. The quantitative estimate of drug-likeness (QED) is 0.551. The maximum absolute atomic E-state index is 12.5. The highest BCUT2D eigenvalue weighted by Gasteiger charge is 2.37. The fourth-order valence-electron chi connectivity index (χ4n) is 5.07. The summed E-state index contributed by atoms with van der Waals surface area (Å²) in [5, 5.41) is 0. The molecule has 1 aromatic heterocycles. The Balaban J connectivity index is 1.59. The molecule has 1 aromatic carbocycles. The molecule has 2 aliphatic rings. The maximum Gasteiger partial charge on any atom is 0.410 e. The van der Waals surface area contributed by atoms with Crippen LogP contribution in [0.15, 0.2) is 36.5 Å². The molecule has 1 aliphatic carbocycles. The zero-order chi connectivity index (χ0) is 24.0. The molecule has 0 N–H and O–H groups in total. The van der Waals surface area contributed by atoms with E-state index in [1.54, 1.807) is 4.90 Å². The molecule has 0 radical (unpaired) electrons. The molecule has 1 saturated heterocycles. The van der Waals surface area contributed by atoms with E-state index in [2.05, 4.69) is 56.9 Å². The molecule has 1 amide bonds. The van der Waals surface area contributed by atoms with E-state index >= 15 is 0 Å². The summed E-state index contributed by atoms with van der Waals surface area (Å²) < 4.78 is 5.56. The zero-order valence-corrected chi connectivity index (χ0v) is 21.4. The van der Waals surface area contributed by atoms with Gasteiger partial charge in [0.1, 0.15) is 5.60 Å². The van der Waals surface area contributed by atoms with Crippen LogP contribution < -0.4 is 4.90 Å². The van der Waals surface area contributed by atoms with E-state index in [9.17, 15) is 4.79 Å². The van der Waals surface area contributed by atoms with Crippen LogP contribution in [0.2, 0.25) is 0 Å². The Morgan fingerprint density at radius 1 is 0.939 bits per heavy atom. The van der Waals surface area contributed by atoms with Crippen molar-refractivity contribution in [2.75, 3.05) is 31.1 Å². The fraction of sp³-hybridized carbons (Fsp3) is 0.571. The molecule has 5 nitrogen and oxygen atoms in total. The number of ether oxygens (including phenoxy) is 1. The van der Waals surface area contributed by atoms with Crippen LogP contribution >= 0.6 is 0 Å². The predicted octanol–water partition coefficient (Wildman–Crippen LogP) is 6.15. The second kappa shape index (κ2) is 8.34. The summed E-state index contributed by atoms with van der Waals surface area (Å²) >= 11 is 0. The van der Waals surface area contributed by atoms with E-state index in [1.165, 1.54) is 29.5 Å². The van der Waals surface area contributed by atoms with Crippen molar-refractivity contribution in [3.8, 4) is 11.3 Å². The van der Waals surface area contributed by atoms with Gasteiger partial charge in [0.15, 0.2) is 0 Å². The summed E-state index contributed by atoms with van der Waals surface area (Å²) in [6.07, 6.45) is 4.05. The van der Waals surface area contributed by atoms with Gasteiger partial charge in [-0.15, -0.1) is 0 Å². The van der Waals surface area contributed by atoms with Crippen molar-refractivity contribution in [1.82, 2.24) is 9.88 Å².